The van der Waals surface area contributed by atoms with Gasteiger partial charge in [-0.25, -0.2) is 4.39 Å². The molecular weight excluding hydrogens is 372 g/mol. The zero-order chi connectivity index (χ0) is 17.9. The molecule has 0 bridgehead atoms. The van der Waals surface area contributed by atoms with E-state index in [0.717, 1.165) is 64.0 Å². The molecule has 8 heteroatoms. The van der Waals surface area contributed by atoms with Crippen molar-refractivity contribution in [2.45, 2.75) is 44.5 Å². The zero-order valence-electron chi connectivity index (χ0n) is 14.5. The van der Waals surface area contributed by atoms with Gasteiger partial charge in [0.25, 0.3) is 0 Å². The zero-order valence-corrected chi connectivity index (χ0v) is 15.3. The van der Waals surface area contributed by atoms with Gasteiger partial charge >= 0.3 is 6.36 Å². The van der Waals surface area contributed by atoms with Crippen molar-refractivity contribution in [2.75, 3.05) is 26.2 Å². The fourth-order valence-corrected chi connectivity index (χ4v) is 4.10. The highest BCUT2D eigenvalue weighted by molar-refractivity contribution is 5.85. The monoisotopic (exact) mass is 396 g/mol. The lowest BCUT2D eigenvalue weighted by Gasteiger charge is -2.41. The first-order chi connectivity index (χ1) is 11.9. The van der Waals surface area contributed by atoms with E-state index in [-0.39, 0.29) is 30.1 Å². The topological polar surface area (TPSA) is 24.5 Å². The molecule has 1 aliphatic carbocycles. The van der Waals surface area contributed by atoms with Gasteiger partial charge in [-0.2, -0.15) is 0 Å². The minimum atomic E-state index is -4.77. The highest BCUT2D eigenvalue weighted by Crippen LogP contribution is 2.40. The Labute approximate surface area is 157 Å². The van der Waals surface area contributed by atoms with Gasteiger partial charge in [0.1, 0.15) is 11.6 Å². The second kappa shape index (κ2) is 9.24. The quantitative estimate of drug-likeness (QED) is 0.748. The predicted octanol–water partition coefficient (Wildman–Crippen LogP) is 4.67. The van der Waals surface area contributed by atoms with Crippen LogP contribution in [-0.2, 0) is 0 Å². The van der Waals surface area contributed by atoms with E-state index >= 15 is 0 Å². The Morgan fingerprint density at radius 3 is 2.35 bits per heavy atom. The van der Waals surface area contributed by atoms with Crippen LogP contribution in [0.25, 0.3) is 0 Å². The van der Waals surface area contributed by atoms with Crippen molar-refractivity contribution in [3.8, 4) is 5.75 Å². The molecule has 0 amide bonds. The number of alkyl halides is 3. The van der Waals surface area contributed by atoms with Crippen LogP contribution in [0.5, 0.6) is 5.75 Å². The van der Waals surface area contributed by atoms with Gasteiger partial charge in [-0.3, -0.25) is 4.90 Å². The van der Waals surface area contributed by atoms with Crippen molar-refractivity contribution < 1.29 is 22.3 Å². The maximum Gasteiger partial charge on any atom is 0.573 e. The normalized spacial score (nSPS) is 21.1. The maximum atomic E-state index is 14.6. The number of nitrogens with zero attached hydrogens (tertiary/aromatic N) is 1. The van der Waals surface area contributed by atoms with E-state index in [1.54, 1.807) is 0 Å². The third kappa shape index (κ3) is 5.47. The summed E-state index contributed by atoms with van der Waals surface area (Å²) < 4.78 is 56.3. The van der Waals surface area contributed by atoms with Crippen LogP contribution in [0.3, 0.4) is 0 Å². The highest BCUT2D eigenvalue weighted by atomic mass is 35.5. The molecule has 1 aliphatic heterocycles. The average Bonchev–Trinajstić information content (AvgIpc) is 2.59. The molecule has 1 heterocycles. The summed E-state index contributed by atoms with van der Waals surface area (Å²) in [6, 6.07) is 3.18. The van der Waals surface area contributed by atoms with E-state index in [4.69, 9.17) is 0 Å². The van der Waals surface area contributed by atoms with Gasteiger partial charge in [0.15, 0.2) is 0 Å². The summed E-state index contributed by atoms with van der Waals surface area (Å²) >= 11 is 0. The van der Waals surface area contributed by atoms with E-state index in [2.05, 4.69) is 15.0 Å². The molecule has 1 aromatic rings. The van der Waals surface area contributed by atoms with Crippen LogP contribution in [0.2, 0.25) is 0 Å². The summed E-state index contributed by atoms with van der Waals surface area (Å²) in [6.45, 7) is 3.16. The molecule has 3 nitrogen and oxygen atoms in total. The number of halogens is 5. The van der Waals surface area contributed by atoms with Gasteiger partial charge in [0.2, 0.25) is 0 Å². The van der Waals surface area contributed by atoms with Crippen LogP contribution in [0, 0.1) is 11.7 Å². The van der Waals surface area contributed by atoms with E-state index in [1.807, 2.05) is 0 Å². The molecule has 0 aromatic heterocycles. The van der Waals surface area contributed by atoms with Gasteiger partial charge in [0, 0.05) is 37.8 Å². The number of nitrogens with one attached hydrogen (secondary N) is 1. The third-order valence-corrected chi connectivity index (χ3v) is 5.16. The van der Waals surface area contributed by atoms with E-state index in [1.165, 1.54) is 12.5 Å². The highest BCUT2D eigenvalue weighted by Gasteiger charge is 2.35. The fourth-order valence-electron chi connectivity index (χ4n) is 4.10. The van der Waals surface area contributed by atoms with Crippen LogP contribution in [0.15, 0.2) is 18.2 Å². The van der Waals surface area contributed by atoms with Crippen molar-refractivity contribution in [1.29, 1.82) is 0 Å². The number of piperazine rings is 1. The number of benzene rings is 1. The molecule has 0 spiro atoms. The first kappa shape index (κ1) is 21.3. The standard InChI is InChI=1S/C18H24F4N2O.ClH/c19-16-7-6-14(25-18(20,21)22)12-15(16)17(13-4-2-1-3-5-13)24-10-8-23-9-11-24;/h6-7,12-13,17,23H,1-5,8-11H2;1H/t17-;/m0./s1. The molecule has 2 fully saturated rings. The van der Waals surface area contributed by atoms with Gasteiger partial charge in [-0.15, -0.1) is 25.6 Å². The molecule has 1 aromatic carbocycles. The Bertz CT molecular complexity index is 555. The minimum Gasteiger partial charge on any atom is -0.406 e. The minimum absolute atomic E-state index is 0. The molecule has 1 saturated heterocycles. The summed E-state index contributed by atoms with van der Waals surface area (Å²) in [4.78, 5) is 2.21. The Morgan fingerprint density at radius 2 is 1.73 bits per heavy atom. The smallest absolute Gasteiger partial charge is 0.406 e. The maximum absolute atomic E-state index is 14.6. The van der Waals surface area contributed by atoms with Crippen molar-refractivity contribution >= 4 is 12.4 Å². The van der Waals surface area contributed by atoms with Crippen molar-refractivity contribution in [3.05, 3.63) is 29.6 Å². The Kier molecular flexibility index (Phi) is 7.55. The lowest BCUT2D eigenvalue weighted by molar-refractivity contribution is -0.274. The van der Waals surface area contributed by atoms with Gasteiger partial charge in [0.05, 0.1) is 0 Å². The van der Waals surface area contributed by atoms with Crippen LogP contribution in [0.4, 0.5) is 17.6 Å². The SMILES string of the molecule is Cl.Fc1ccc(OC(F)(F)F)cc1[C@H](C1CCCCC1)N1CCNCC1. The summed E-state index contributed by atoms with van der Waals surface area (Å²) in [5.74, 6) is -0.536. The van der Waals surface area contributed by atoms with Crippen LogP contribution < -0.4 is 10.1 Å². The molecule has 3 rings (SSSR count). The number of ether oxygens (including phenoxy) is 1. The van der Waals surface area contributed by atoms with Crippen molar-refractivity contribution in [3.63, 3.8) is 0 Å². The second-order valence-corrected chi connectivity index (χ2v) is 6.86. The molecule has 26 heavy (non-hydrogen) atoms. The molecule has 148 valence electrons. The van der Waals surface area contributed by atoms with Crippen LogP contribution >= 0.6 is 12.4 Å². The molecular formula is C18H25ClF4N2O. The van der Waals surface area contributed by atoms with Gasteiger partial charge in [-0.1, -0.05) is 19.3 Å². The molecule has 0 unspecified atom stereocenters. The molecule has 1 saturated carbocycles. The van der Waals surface area contributed by atoms with Crippen molar-refractivity contribution in [2.24, 2.45) is 5.92 Å². The Balaban J connectivity index is 0.00000243. The number of hydrogen-bond acceptors (Lipinski definition) is 3. The van der Waals surface area contributed by atoms with Gasteiger partial charge in [-0.05, 0) is 37.0 Å². The molecule has 0 radical (unpaired) electrons. The molecule has 1 atom stereocenters. The number of hydrogen-bond donors (Lipinski definition) is 1. The summed E-state index contributed by atoms with van der Waals surface area (Å²) in [6.07, 6.45) is 0.549. The lowest BCUT2D eigenvalue weighted by atomic mass is 9.80. The van der Waals surface area contributed by atoms with Gasteiger partial charge < -0.3 is 10.1 Å². The van der Waals surface area contributed by atoms with E-state index in [9.17, 15) is 17.6 Å². The Morgan fingerprint density at radius 1 is 1.08 bits per heavy atom. The second-order valence-electron chi connectivity index (χ2n) is 6.86. The largest absolute Gasteiger partial charge is 0.573 e. The first-order valence-corrected chi connectivity index (χ1v) is 8.94. The van der Waals surface area contributed by atoms with E-state index < -0.39 is 12.2 Å². The Hall–Kier alpha value is -1.05. The van der Waals surface area contributed by atoms with Crippen LogP contribution in [-0.4, -0.2) is 37.4 Å². The van der Waals surface area contributed by atoms with E-state index in [0.29, 0.717) is 5.56 Å². The third-order valence-electron chi connectivity index (χ3n) is 5.16. The average molecular weight is 397 g/mol. The molecule has 1 N–H and O–H groups in total. The first-order valence-electron chi connectivity index (χ1n) is 8.94. The summed E-state index contributed by atoms with van der Waals surface area (Å²) in [5.41, 5.74) is 0.329. The van der Waals surface area contributed by atoms with Crippen LogP contribution in [0.1, 0.15) is 43.7 Å². The lowest BCUT2D eigenvalue weighted by Crippen LogP contribution is -2.47. The number of rotatable bonds is 4. The van der Waals surface area contributed by atoms with Crippen molar-refractivity contribution in [1.82, 2.24) is 10.2 Å². The predicted molar refractivity (Wildman–Crippen MR) is 94.1 cm³/mol. The molecule has 2 aliphatic rings. The summed E-state index contributed by atoms with van der Waals surface area (Å²) in [7, 11) is 0. The fraction of sp³-hybridized carbons (Fsp3) is 0.667. The summed E-state index contributed by atoms with van der Waals surface area (Å²) in [5, 5.41) is 3.27.